The van der Waals surface area contributed by atoms with E-state index in [9.17, 15) is 14.7 Å². The molecule has 24 heavy (non-hydrogen) atoms. The van der Waals surface area contributed by atoms with Crippen LogP contribution >= 0.6 is 11.3 Å². The molecule has 2 amide bonds. The van der Waals surface area contributed by atoms with Gasteiger partial charge in [-0.1, -0.05) is 52.0 Å². The fourth-order valence-electron chi connectivity index (χ4n) is 1.92. The Kier molecular flexibility index (Phi) is 7.10. The van der Waals surface area contributed by atoms with Crippen molar-refractivity contribution in [3.05, 3.63) is 17.7 Å². The van der Waals surface area contributed by atoms with Crippen LogP contribution in [0.2, 0.25) is 0 Å². The fourth-order valence-corrected chi connectivity index (χ4v) is 2.67. The van der Waals surface area contributed by atoms with Crippen molar-refractivity contribution in [3.63, 3.8) is 0 Å². The Bertz CT molecular complexity index is 604. The Hall–Kier alpha value is -1.73. The summed E-state index contributed by atoms with van der Waals surface area (Å²) >= 11 is 1.33. The van der Waals surface area contributed by atoms with E-state index >= 15 is 0 Å². The summed E-state index contributed by atoms with van der Waals surface area (Å²) in [6.07, 6.45) is 1.67. The number of rotatable bonds is 7. The number of aliphatic hydroxyl groups is 1. The normalized spacial score (nSPS) is 13.9. The third kappa shape index (κ3) is 5.72. The molecular formula is C17H27N3O3S. The average molecular weight is 353 g/mol. The molecule has 0 radical (unpaired) electrons. The third-order valence-corrected chi connectivity index (χ3v) is 4.51. The maximum Gasteiger partial charge on any atom is 0.250 e. The average Bonchev–Trinajstić information content (AvgIpc) is 2.93. The van der Waals surface area contributed by atoms with Gasteiger partial charge in [0, 0.05) is 6.20 Å². The van der Waals surface area contributed by atoms with E-state index in [0.29, 0.717) is 11.6 Å². The molecule has 0 saturated heterocycles. The highest BCUT2D eigenvalue weighted by Crippen LogP contribution is 2.24. The maximum atomic E-state index is 12.4. The van der Waals surface area contributed by atoms with Gasteiger partial charge in [-0.25, -0.2) is 4.98 Å². The highest BCUT2D eigenvalue weighted by Gasteiger charge is 2.31. The maximum absolute atomic E-state index is 12.4. The largest absolute Gasteiger partial charge is 0.383 e. The summed E-state index contributed by atoms with van der Waals surface area (Å²) in [5, 5.41) is 15.9. The van der Waals surface area contributed by atoms with Crippen LogP contribution in [0.15, 0.2) is 12.8 Å². The van der Waals surface area contributed by atoms with Gasteiger partial charge in [0.15, 0.2) is 5.13 Å². The molecule has 2 atom stereocenters. The summed E-state index contributed by atoms with van der Waals surface area (Å²) in [6, 6.07) is -0.711. The Morgan fingerprint density at radius 3 is 2.46 bits per heavy atom. The van der Waals surface area contributed by atoms with Crippen LogP contribution in [0.4, 0.5) is 5.13 Å². The molecule has 1 heterocycles. The lowest BCUT2D eigenvalue weighted by molar-refractivity contribution is -0.137. The minimum absolute atomic E-state index is 0.339. The fraction of sp³-hybridized carbons (Fsp3) is 0.588. The van der Waals surface area contributed by atoms with Gasteiger partial charge in [0.25, 0.3) is 0 Å². The summed E-state index contributed by atoms with van der Waals surface area (Å²) in [5.41, 5.74) is 0.281. The van der Waals surface area contributed by atoms with Gasteiger partial charge in [-0.2, -0.15) is 0 Å². The van der Waals surface area contributed by atoms with Crippen molar-refractivity contribution in [1.29, 1.82) is 0 Å². The Balaban J connectivity index is 2.77. The van der Waals surface area contributed by atoms with Crippen LogP contribution in [0.25, 0.3) is 5.57 Å². The summed E-state index contributed by atoms with van der Waals surface area (Å²) in [4.78, 5) is 29.6. The summed E-state index contributed by atoms with van der Waals surface area (Å²) in [5.74, 6) is -0.883. The number of amides is 2. The van der Waals surface area contributed by atoms with Crippen LogP contribution in [-0.4, -0.2) is 34.1 Å². The van der Waals surface area contributed by atoms with Crippen molar-refractivity contribution >= 4 is 33.9 Å². The molecule has 7 heteroatoms. The second-order valence-electron chi connectivity index (χ2n) is 6.92. The molecule has 0 aromatic carbocycles. The number of nitrogens with zero attached hydrogens (tertiary/aromatic N) is 1. The number of allylic oxidation sites excluding steroid dienone is 1. The number of nitrogens with one attached hydrogen (secondary N) is 2. The quantitative estimate of drug-likeness (QED) is 0.703. The first kappa shape index (κ1) is 20.3. The minimum atomic E-state index is -1.18. The summed E-state index contributed by atoms with van der Waals surface area (Å²) < 4.78 is 0. The second-order valence-corrected chi connectivity index (χ2v) is 7.95. The van der Waals surface area contributed by atoms with Gasteiger partial charge in [-0.05, 0) is 24.3 Å². The zero-order chi connectivity index (χ0) is 18.5. The number of carbonyl (C=O) groups excluding carboxylic acids is 2. The highest BCUT2D eigenvalue weighted by molar-refractivity contribution is 7.16. The molecule has 0 spiro atoms. The molecular weight excluding hydrogens is 326 g/mol. The lowest BCUT2D eigenvalue weighted by atomic mass is 9.88. The number of hydrogen-bond acceptors (Lipinski definition) is 5. The number of carbonyl (C=O) groups is 2. The molecule has 2 unspecified atom stereocenters. The monoisotopic (exact) mass is 353 g/mol. The number of anilines is 1. The first-order valence-corrected chi connectivity index (χ1v) is 8.79. The van der Waals surface area contributed by atoms with Gasteiger partial charge in [0.2, 0.25) is 11.8 Å². The van der Waals surface area contributed by atoms with Gasteiger partial charge in [-0.15, -0.1) is 0 Å². The lowest BCUT2D eigenvalue weighted by Crippen LogP contribution is -2.50. The predicted octanol–water partition coefficient (Wildman–Crippen LogP) is 2.81. The van der Waals surface area contributed by atoms with Crippen LogP contribution in [0.3, 0.4) is 0 Å². The van der Waals surface area contributed by atoms with Gasteiger partial charge >= 0.3 is 0 Å². The molecule has 1 rings (SSSR count). The predicted molar refractivity (Wildman–Crippen MR) is 97.8 cm³/mol. The molecule has 0 saturated carbocycles. The van der Waals surface area contributed by atoms with E-state index in [1.165, 1.54) is 11.3 Å². The van der Waals surface area contributed by atoms with Crippen LogP contribution in [-0.2, 0) is 9.59 Å². The van der Waals surface area contributed by atoms with Gasteiger partial charge < -0.3 is 15.7 Å². The summed E-state index contributed by atoms with van der Waals surface area (Å²) in [6.45, 7) is 12.9. The van der Waals surface area contributed by atoms with E-state index in [1.54, 1.807) is 27.0 Å². The number of hydrogen-bond donors (Lipinski definition) is 3. The van der Waals surface area contributed by atoms with E-state index in [4.69, 9.17) is 0 Å². The molecule has 0 aliphatic heterocycles. The molecule has 0 bridgehead atoms. The van der Waals surface area contributed by atoms with Crippen molar-refractivity contribution < 1.29 is 14.7 Å². The second kappa shape index (κ2) is 8.39. The topological polar surface area (TPSA) is 91.3 Å². The zero-order valence-electron chi connectivity index (χ0n) is 15.0. The van der Waals surface area contributed by atoms with E-state index in [1.807, 2.05) is 13.8 Å². The third-order valence-electron chi connectivity index (χ3n) is 3.44. The van der Waals surface area contributed by atoms with E-state index in [2.05, 4.69) is 22.2 Å². The number of aromatic nitrogens is 1. The molecule has 1 aromatic rings. The van der Waals surface area contributed by atoms with Gasteiger partial charge in [0.1, 0.15) is 12.1 Å². The summed E-state index contributed by atoms with van der Waals surface area (Å²) in [7, 11) is 0. The van der Waals surface area contributed by atoms with E-state index in [0.717, 1.165) is 16.9 Å². The molecule has 0 aliphatic rings. The first-order chi connectivity index (χ1) is 11.1. The number of thiazole rings is 1. The molecule has 6 nitrogen and oxygen atoms in total. The van der Waals surface area contributed by atoms with Crippen molar-refractivity contribution in [1.82, 2.24) is 10.3 Å². The molecule has 1 aromatic heterocycles. The van der Waals surface area contributed by atoms with Crippen molar-refractivity contribution in [3.8, 4) is 0 Å². The highest BCUT2D eigenvalue weighted by atomic mass is 32.1. The number of aliphatic hydroxyl groups excluding tert-OH is 1. The minimum Gasteiger partial charge on any atom is -0.383 e. The Labute approximate surface area is 147 Å². The SMILES string of the molecule is C=C(C)c1cnc(NC(=O)C(CCC)NC(=O)C(O)C(C)(C)C)s1. The van der Waals surface area contributed by atoms with Crippen LogP contribution in [0.1, 0.15) is 52.3 Å². The molecule has 3 N–H and O–H groups in total. The van der Waals surface area contributed by atoms with Gasteiger partial charge in [-0.3, -0.25) is 9.59 Å². The Morgan fingerprint density at radius 1 is 1.38 bits per heavy atom. The molecule has 134 valence electrons. The van der Waals surface area contributed by atoms with Crippen molar-refractivity contribution in [2.45, 2.75) is 59.6 Å². The van der Waals surface area contributed by atoms with E-state index < -0.39 is 23.5 Å². The van der Waals surface area contributed by atoms with Crippen molar-refractivity contribution in [2.24, 2.45) is 5.41 Å². The van der Waals surface area contributed by atoms with Crippen LogP contribution in [0.5, 0.6) is 0 Å². The van der Waals surface area contributed by atoms with E-state index in [-0.39, 0.29) is 5.91 Å². The smallest absolute Gasteiger partial charge is 0.250 e. The van der Waals surface area contributed by atoms with Crippen molar-refractivity contribution in [2.75, 3.05) is 5.32 Å². The van der Waals surface area contributed by atoms with Crippen LogP contribution in [0, 0.1) is 5.41 Å². The standard InChI is InChI=1S/C17H27N3O3S/c1-7-8-11(19-15(23)13(21)17(4,5)6)14(22)20-16-18-9-12(24-16)10(2)3/h9,11,13,21H,2,7-8H2,1,3-6H3,(H,19,23)(H,18,20,22). The lowest BCUT2D eigenvalue weighted by Gasteiger charge is -2.26. The molecule has 0 fully saturated rings. The zero-order valence-corrected chi connectivity index (χ0v) is 15.8. The first-order valence-electron chi connectivity index (χ1n) is 7.97. The molecule has 0 aliphatic carbocycles. The Morgan fingerprint density at radius 2 is 2.00 bits per heavy atom. The van der Waals surface area contributed by atoms with Gasteiger partial charge in [0.05, 0.1) is 4.88 Å². The van der Waals surface area contributed by atoms with Crippen LogP contribution < -0.4 is 10.6 Å².